The molecule has 0 radical (unpaired) electrons. The number of nitrogens with two attached hydrogens (primary N) is 1. The third-order valence-corrected chi connectivity index (χ3v) is 12.8. The van der Waals surface area contributed by atoms with Gasteiger partial charge in [0.15, 0.2) is 0 Å². The lowest BCUT2D eigenvalue weighted by Gasteiger charge is -2.58. The Morgan fingerprint density at radius 1 is 0.875 bits per heavy atom. The first-order valence-electron chi connectivity index (χ1n) is 14.2. The highest BCUT2D eigenvalue weighted by Gasteiger charge is 2.92. The molecule has 2 spiro atoms. The predicted molar refractivity (Wildman–Crippen MR) is 143 cm³/mol. The number of allylic oxidation sites excluding steroid dienone is 2. The van der Waals surface area contributed by atoms with E-state index >= 15 is 0 Å². The van der Waals surface area contributed by atoms with Crippen LogP contribution in [0, 0.1) is 50.7 Å². The fraction of sp³-hybridized carbons (Fsp3) is 0.933. The first-order chi connectivity index (χ1) is 15.2. The fourth-order valence-electron chi connectivity index (χ4n) is 11.9. The van der Waals surface area contributed by atoms with Gasteiger partial charge in [-0.3, -0.25) is 5.14 Å². The minimum Gasteiger partial charge on any atom is -0.281 e. The van der Waals surface area contributed by atoms with Crippen LogP contribution in [0.3, 0.4) is 0 Å². The van der Waals surface area contributed by atoms with Crippen LogP contribution in [0.1, 0.15) is 126 Å². The summed E-state index contributed by atoms with van der Waals surface area (Å²) in [4.78, 5) is 0. The molecular formula is C30H53NS. The molecule has 6 aliphatic carbocycles. The highest BCUT2D eigenvalue weighted by atomic mass is 32.1. The van der Waals surface area contributed by atoms with E-state index in [1.807, 2.05) is 25.0 Å². The lowest BCUT2D eigenvalue weighted by atomic mass is 9.46. The summed E-state index contributed by atoms with van der Waals surface area (Å²) in [5.41, 5.74) is 7.25. The summed E-state index contributed by atoms with van der Waals surface area (Å²) in [5, 5.41) is 4.19. The quantitative estimate of drug-likeness (QED) is 0.297. The zero-order valence-electron chi connectivity index (χ0n) is 22.6. The molecule has 6 rings (SSSR count). The van der Waals surface area contributed by atoms with Crippen molar-refractivity contribution in [3.8, 4) is 0 Å². The van der Waals surface area contributed by atoms with E-state index in [1.165, 1.54) is 38.5 Å². The average molecular weight is 460 g/mol. The molecule has 0 bridgehead atoms. The molecule has 32 heavy (non-hydrogen) atoms. The van der Waals surface area contributed by atoms with Crippen molar-refractivity contribution < 1.29 is 0 Å². The van der Waals surface area contributed by atoms with E-state index in [9.17, 15) is 0 Å². The van der Waals surface area contributed by atoms with Gasteiger partial charge >= 0.3 is 0 Å². The number of thiol groups is 1. The van der Waals surface area contributed by atoms with Gasteiger partial charge in [-0.1, -0.05) is 73.0 Å². The highest BCUT2D eigenvalue weighted by molar-refractivity contribution is 7.77. The molecule has 5 fully saturated rings. The minimum absolute atomic E-state index is 0.562. The van der Waals surface area contributed by atoms with Gasteiger partial charge in [0.1, 0.15) is 0 Å². The van der Waals surface area contributed by atoms with E-state index in [0.29, 0.717) is 21.7 Å². The van der Waals surface area contributed by atoms with E-state index in [2.05, 4.69) is 59.5 Å². The molecule has 0 aromatic rings. The van der Waals surface area contributed by atoms with Gasteiger partial charge in [-0.25, -0.2) is 0 Å². The molecule has 0 saturated heterocycles. The van der Waals surface area contributed by atoms with Gasteiger partial charge in [0.05, 0.1) is 0 Å². The third-order valence-electron chi connectivity index (χ3n) is 12.8. The zero-order valence-corrected chi connectivity index (χ0v) is 23.5. The fourth-order valence-corrected chi connectivity index (χ4v) is 11.9. The summed E-state index contributed by atoms with van der Waals surface area (Å²) in [6, 6.07) is 0. The number of hydrogen-bond acceptors (Lipinski definition) is 2. The van der Waals surface area contributed by atoms with Crippen molar-refractivity contribution in [3.05, 3.63) is 11.1 Å². The molecule has 5 saturated carbocycles. The van der Waals surface area contributed by atoms with E-state index in [-0.39, 0.29) is 0 Å². The average Bonchev–Trinajstić information content (AvgIpc) is 3.01. The van der Waals surface area contributed by atoms with Crippen LogP contribution in [0.25, 0.3) is 0 Å². The van der Waals surface area contributed by atoms with Crippen LogP contribution < -0.4 is 5.14 Å². The number of rotatable bonds is 1. The minimum atomic E-state index is 0.562. The van der Waals surface area contributed by atoms with E-state index in [4.69, 9.17) is 0 Å². The summed E-state index contributed by atoms with van der Waals surface area (Å²) in [5.74, 6) is 3.68. The SMILES string of the molecule is CC.CC1CCC2(C)C3(CCC4(C)C5CCC6(C)CCC(C(C)C)=C6C5CCC423)C1.NS. The van der Waals surface area contributed by atoms with Crippen LogP contribution in [0.2, 0.25) is 0 Å². The lowest BCUT2D eigenvalue weighted by molar-refractivity contribution is -0.0538. The lowest BCUT2D eigenvalue weighted by Crippen LogP contribution is -2.50. The smallest absolute Gasteiger partial charge is 0.0108 e. The van der Waals surface area contributed by atoms with Crippen LogP contribution in [0.4, 0.5) is 0 Å². The third kappa shape index (κ3) is 2.64. The Bertz CT molecular complexity index is 771. The maximum absolute atomic E-state index is 4.19. The van der Waals surface area contributed by atoms with Gasteiger partial charge in [0, 0.05) is 0 Å². The molecule has 6 aliphatic rings. The summed E-state index contributed by atoms with van der Waals surface area (Å²) in [7, 11) is 0. The summed E-state index contributed by atoms with van der Waals surface area (Å²) in [6.45, 7) is 19.7. The van der Waals surface area contributed by atoms with Gasteiger partial charge in [-0.05, 0) is 115 Å². The summed E-state index contributed by atoms with van der Waals surface area (Å²) < 4.78 is 0. The Balaban J connectivity index is 0.000000582. The van der Waals surface area contributed by atoms with Crippen molar-refractivity contribution in [2.75, 3.05) is 0 Å². The Kier molecular flexibility index (Phi) is 6.32. The molecule has 1 nitrogen and oxygen atoms in total. The molecule has 0 heterocycles. The molecule has 2 heteroatoms. The first-order valence-corrected chi connectivity index (χ1v) is 14.7. The largest absolute Gasteiger partial charge is 0.281 e. The maximum Gasteiger partial charge on any atom is -0.0108 e. The number of fused-ring (bicyclic) bond motifs is 4. The second-order valence-electron chi connectivity index (χ2n) is 13.5. The molecule has 2 N–H and O–H groups in total. The monoisotopic (exact) mass is 459 g/mol. The zero-order chi connectivity index (χ0) is 23.7. The van der Waals surface area contributed by atoms with Gasteiger partial charge in [0.2, 0.25) is 0 Å². The molecule has 184 valence electrons. The Hall–Kier alpha value is 0.0500. The van der Waals surface area contributed by atoms with Crippen molar-refractivity contribution in [3.63, 3.8) is 0 Å². The molecule has 8 unspecified atom stereocenters. The summed E-state index contributed by atoms with van der Waals surface area (Å²) in [6.07, 6.45) is 16.7. The normalized spacial score (nSPS) is 52.4. The Morgan fingerprint density at radius 2 is 1.56 bits per heavy atom. The highest BCUT2D eigenvalue weighted by Crippen LogP contribution is 2.98. The van der Waals surface area contributed by atoms with E-state index in [1.54, 1.807) is 32.1 Å². The topological polar surface area (TPSA) is 26.0 Å². The van der Waals surface area contributed by atoms with Crippen molar-refractivity contribution in [1.29, 1.82) is 0 Å². The predicted octanol–water partition coefficient (Wildman–Crippen LogP) is 8.99. The van der Waals surface area contributed by atoms with Crippen LogP contribution >= 0.6 is 12.8 Å². The van der Waals surface area contributed by atoms with E-state index in [0.717, 1.165) is 29.1 Å². The second kappa shape index (κ2) is 8.04. The molecule has 0 amide bonds. The van der Waals surface area contributed by atoms with Crippen LogP contribution in [-0.4, -0.2) is 0 Å². The first kappa shape index (κ1) is 25.2. The second-order valence-corrected chi connectivity index (χ2v) is 13.5. The van der Waals surface area contributed by atoms with Crippen molar-refractivity contribution in [1.82, 2.24) is 0 Å². The Labute approximate surface area is 205 Å². The van der Waals surface area contributed by atoms with Crippen LogP contribution in [0.15, 0.2) is 11.1 Å². The van der Waals surface area contributed by atoms with E-state index < -0.39 is 0 Å². The van der Waals surface area contributed by atoms with Crippen LogP contribution in [-0.2, 0) is 0 Å². The van der Waals surface area contributed by atoms with Gasteiger partial charge in [0.25, 0.3) is 0 Å². The molecular weight excluding hydrogens is 406 g/mol. The molecule has 8 atom stereocenters. The standard InChI is InChI=1S/C28H44.C2H6.H3NS/c1-18(2)20-8-11-24(4)12-10-22-21(23(20)24)9-14-28-25(22,5)15-16-27(28)17-19(3)7-13-26(27,28)6;2*1-2/h18-19,21-22H,7-17H2,1-6H3;1-2H3;2H,1H2. The molecule has 0 aromatic heterocycles. The van der Waals surface area contributed by atoms with Gasteiger partial charge in [-0.2, -0.15) is 0 Å². The van der Waals surface area contributed by atoms with Crippen molar-refractivity contribution in [2.24, 2.45) is 55.9 Å². The number of hydrogen-bond donors (Lipinski definition) is 2. The van der Waals surface area contributed by atoms with Gasteiger partial charge in [-0.15, -0.1) is 12.8 Å². The van der Waals surface area contributed by atoms with Gasteiger partial charge < -0.3 is 0 Å². The molecule has 0 aliphatic heterocycles. The van der Waals surface area contributed by atoms with Crippen molar-refractivity contribution >= 4 is 12.8 Å². The molecule has 0 aromatic carbocycles. The van der Waals surface area contributed by atoms with Crippen molar-refractivity contribution in [2.45, 2.75) is 126 Å². The summed E-state index contributed by atoms with van der Waals surface area (Å²) >= 11 is 3.03. The Morgan fingerprint density at radius 3 is 2.22 bits per heavy atom. The maximum atomic E-state index is 4.19. The van der Waals surface area contributed by atoms with Crippen LogP contribution in [0.5, 0.6) is 0 Å².